The highest BCUT2D eigenvalue weighted by atomic mass is 16.4. The molecule has 0 unspecified atom stereocenters. The number of likely N-dealkylation sites (tertiary alicyclic amines) is 1. The highest BCUT2D eigenvalue weighted by Gasteiger charge is 2.26. The van der Waals surface area contributed by atoms with Gasteiger partial charge in [0.2, 0.25) is 0 Å². The van der Waals surface area contributed by atoms with Gasteiger partial charge in [0.1, 0.15) is 0 Å². The molecule has 0 atom stereocenters. The van der Waals surface area contributed by atoms with Crippen molar-refractivity contribution in [2.24, 2.45) is 0 Å². The van der Waals surface area contributed by atoms with Gasteiger partial charge in [0, 0.05) is 37.2 Å². The zero-order valence-corrected chi connectivity index (χ0v) is 16.2. The zero-order chi connectivity index (χ0) is 20.4. The number of nitrogens with zero attached hydrogens (tertiary/aromatic N) is 4. The molecule has 0 radical (unpaired) electrons. The number of aryl methyl sites for hydroxylation is 1. The molecule has 0 spiro atoms. The number of carboxylic acid groups (broad SMARTS) is 1. The first-order valence-electron chi connectivity index (χ1n) is 9.60. The van der Waals surface area contributed by atoms with Gasteiger partial charge in [-0.1, -0.05) is 29.8 Å². The number of amides is 1. The molecule has 3 aromatic rings. The lowest BCUT2D eigenvalue weighted by Crippen LogP contribution is -2.39. The Kier molecular flexibility index (Phi) is 5.12. The van der Waals surface area contributed by atoms with Crippen LogP contribution < -0.4 is 0 Å². The molecule has 0 saturated carbocycles. The van der Waals surface area contributed by atoms with E-state index in [9.17, 15) is 9.59 Å². The summed E-state index contributed by atoms with van der Waals surface area (Å²) < 4.78 is 1.70. The first-order chi connectivity index (χ1) is 14.0. The van der Waals surface area contributed by atoms with E-state index in [1.807, 2.05) is 36.1 Å². The van der Waals surface area contributed by atoms with Gasteiger partial charge in [0.15, 0.2) is 0 Å². The van der Waals surface area contributed by atoms with Crippen LogP contribution in [0.25, 0.3) is 11.1 Å². The Hall–Kier alpha value is -3.48. The summed E-state index contributed by atoms with van der Waals surface area (Å²) in [7, 11) is 0. The molecule has 29 heavy (non-hydrogen) atoms. The molecule has 7 nitrogen and oxygen atoms in total. The van der Waals surface area contributed by atoms with Crippen LogP contribution in [0.4, 0.5) is 0 Å². The number of aromatic nitrogens is 3. The molecular formula is C22H22N4O3. The van der Waals surface area contributed by atoms with E-state index in [1.165, 1.54) is 6.20 Å². The normalized spacial score (nSPS) is 14.7. The van der Waals surface area contributed by atoms with Crippen molar-refractivity contribution >= 4 is 11.9 Å². The summed E-state index contributed by atoms with van der Waals surface area (Å²) in [6.45, 7) is 3.23. The molecule has 1 saturated heterocycles. The molecule has 1 aliphatic heterocycles. The van der Waals surface area contributed by atoms with Gasteiger partial charge in [-0.25, -0.2) is 4.79 Å². The minimum atomic E-state index is -0.982. The van der Waals surface area contributed by atoms with Gasteiger partial charge in [0.25, 0.3) is 5.91 Å². The summed E-state index contributed by atoms with van der Waals surface area (Å²) in [5.41, 5.74) is 3.88. The molecular weight excluding hydrogens is 368 g/mol. The van der Waals surface area contributed by atoms with E-state index in [-0.39, 0.29) is 17.5 Å². The number of benzene rings is 1. The molecule has 2 aromatic heterocycles. The number of piperidine rings is 1. The first-order valence-corrected chi connectivity index (χ1v) is 9.60. The fourth-order valence-electron chi connectivity index (χ4n) is 3.70. The molecule has 1 aliphatic rings. The SMILES string of the molecule is Cc1cccc(-c2cncc(C(=O)N3CCC(n4cc(C(=O)O)cn4)CC3)c2)c1. The third-order valence-corrected chi connectivity index (χ3v) is 5.31. The fourth-order valence-corrected chi connectivity index (χ4v) is 3.70. The average molecular weight is 390 g/mol. The minimum absolute atomic E-state index is 0.0304. The first kappa shape index (κ1) is 18.9. The molecule has 0 aliphatic carbocycles. The quantitative estimate of drug-likeness (QED) is 0.737. The predicted molar refractivity (Wildman–Crippen MR) is 108 cm³/mol. The Morgan fingerprint density at radius 1 is 1.03 bits per heavy atom. The van der Waals surface area contributed by atoms with Gasteiger partial charge in [-0.15, -0.1) is 0 Å². The van der Waals surface area contributed by atoms with E-state index in [2.05, 4.69) is 16.1 Å². The van der Waals surface area contributed by atoms with E-state index in [1.54, 1.807) is 23.3 Å². The molecule has 1 amide bonds. The lowest BCUT2D eigenvalue weighted by molar-refractivity contribution is 0.0688. The van der Waals surface area contributed by atoms with Crippen LogP contribution in [0.2, 0.25) is 0 Å². The number of pyridine rings is 1. The second-order valence-corrected chi connectivity index (χ2v) is 7.37. The average Bonchev–Trinajstić information content (AvgIpc) is 3.24. The summed E-state index contributed by atoms with van der Waals surface area (Å²) in [5.74, 6) is -1.01. The van der Waals surface area contributed by atoms with E-state index in [0.29, 0.717) is 18.7 Å². The molecule has 1 N–H and O–H groups in total. The van der Waals surface area contributed by atoms with Gasteiger partial charge < -0.3 is 10.0 Å². The van der Waals surface area contributed by atoms with Gasteiger partial charge in [0.05, 0.1) is 23.4 Å². The van der Waals surface area contributed by atoms with Gasteiger partial charge in [-0.2, -0.15) is 5.10 Å². The number of carbonyl (C=O) groups is 2. The Labute approximate surface area is 168 Å². The number of carboxylic acids is 1. The van der Waals surface area contributed by atoms with Crippen molar-refractivity contribution in [3.05, 3.63) is 71.8 Å². The fraction of sp³-hybridized carbons (Fsp3) is 0.273. The second-order valence-electron chi connectivity index (χ2n) is 7.37. The van der Waals surface area contributed by atoms with Crippen LogP contribution in [0.5, 0.6) is 0 Å². The van der Waals surface area contributed by atoms with E-state index < -0.39 is 5.97 Å². The van der Waals surface area contributed by atoms with Crippen molar-refractivity contribution in [3.8, 4) is 11.1 Å². The van der Waals surface area contributed by atoms with Crippen molar-refractivity contribution in [2.45, 2.75) is 25.8 Å². The standard InChI is InChI=1S/C22H22N4O3/c1-15-3-2-4-16(9-15)17-10-18(12-23-11-17)21(27)25-7-5-20(6-8-25)26-14-19(13-24-26)22(28)29/h2-4,9-14,20H,5-8H2,1H3,(H,28,29). The largest absolute Gasteiger partial charge is 0.478 e. The van der Waals surface area contributed by atoms with Crippen molar-refractivity contribution in [3.63, 3.8) is 0 Å². The summed E-state index contributed by atoms with van der Waals surface area (Å²) in [6.07, 6.45) is 7.77. The van der Waals surface area contributed by atoms with E-state index in [4.69, 9.17) is 5.11 Å². The molecule has 7 heteroatoms. The van der Waals surface area contributed by atoms with Crippen LogP contribution in [-0.2, 0) is 0 Å². The van der Waals surface area contributed by atoms with Crippen molar-refractivity contribution in [2.75, 3.05) is 13.1 Å². The highest BCUT2D eigenvalue weighted by molar-refractivity contribution is 5.95. The number of aromatic carboxylic acids is 1. The second kappa shape index (κ2) is 7.87. The van der Waals surface area contributed by atoms with Crippen LogP contribution in [0.15, 0.2) is 55.1 Å². The monoisotopic (exact) mass is 390 g/mol. The van der Waals surface area contributed by atoms with E-state index >= 15 is 0 Å². The van der Waals surface area contributed by atoms with Crippen molar-refractivity contribution in [1.82, 2.24) is 19.7 Å². The van der Waals surface area contributed by atoms with E-state index in [0.717, 1.165) is 29.5 Å². The topological polar surface area (TPSA) is 88.3 Å². The Balaban J connectivity index is 1.44. The maximum atomic E-state index is 13.0. The summed E-state index contributed by atoms with van der Waals surface area (Å²) in [6, 6.07) is 10.1. The maximum absolute atomic E-state index is 13.0. The molecule has 3 heterocycles. The van der Waals surface area contributed by atoms with Crippen LogP contribution in [0.3, 0.4) is 0 Å². The lowest BCUT2D eigenvalue weighted by Gasteiger charge is -2.32. The van der Waals surface area contributed by atoms with Crippen LogP contribution >= 0.6 is 0 Å². The third kappa shape index (κ3) is 4.03. The summed E-state index contributed by atoms with van der Waals surface area (Å²) in [4.78, 5) is 30.1. The predicted octanol–water partition coefficient (Wildman–Crippen LogP) is 3.43. The highest BCUT2D eigenvalue weighted by Crippen LogP contribution is 2.25. The molecule has 0 bridgehead atoms. The number of rotatable bonds is 4. The van der Waals surface area contributed by atoms with Gasteiger partial charge >= 0.3 is 5.97 Å². The number of hydrogen-bond donors (Lipinski definition) is 1. The zero-order valence-electron chi connectivity index (χ0n) is 16.2. The smallest absolute Gasteiger partial charge is 0.338 e. The van der Waals surface area contributed by atoms with Crippen molar-refractivity contribution in [1.29, 1.82) is 0 Å². The molecule has 4 rings (SSSR count). The molecule has 1 aromatic carbocycles. The molecule has 1 fully saturated rings. The van der Waals surface area contributed by atoms with Crippen LogP contribution in [0, 0.1) is 6.92 Å². The summed E-state index contributed by atoms with van der Waals surface area (Å²) in [5, 5.41) is 13.2. The number of carbonyl (C=O) groups excluding carboxylic acids is 1. The third-order valence-electron chi connectivity index (χ3n) is 5.31. The Morgan fingerprint density at radius 2 is 1.83 bits per heavy atom. The molecule has 148 valence electrons. The Morgan fingerprint density at radius 3 is 2.52 bits per heavy atom. The number of hydrogen-bond acceptors (Lipinski definition) is 4. The van der Waals surface area contributed by atoms with Crippen LogP contribution in [0.1, 0.15) is 45.2 Å². The van der Waals surface area contributed by atoms with Gasteiger partial charge in [-0.3, -0.25) is 14.5 Å². The maximum Gasteiger partial charge on any atom is 0.338 e. The van der Waals surface area contributed by atoms with Crippen molar-refractivity contribution < 1.29 is 14.7 Å². The minimum Gasteiger partial charge on any atom is -0.478 e. The lowest BCUT2D eigenvalue weighted by atomic mass is 10.0. The summed E-state index contributed by atoms with van der Waals surface area (Å²) >= 11 is 0. The van der Waals surface area contributed by atoms with Gasteiger partial charge in [-0.05, 0) is 31.4 Å². The van der Waals surface area contributed by atoms with Crippen LogP contribution in [-0.4, -0.2) is 49.7 Å². The Bertz CT molecular complexity index is 1050.